The van der Waals surface area contributed by atoms with Crippen LogP contribution in [0.4, 0.5) is 0 Å². The predicted octanol–water partition coefficient (Wildman–Crippen LogP) is 3.47. The van der Waals surface area contributed by atoms with E-state index in [0.29, 0.717) is 32.0 Å². The monoisotopic (exact) mass is 282 g/mol. The molecule has 0 radical (unpaired) electrons. The minimum absolute atomic E-state index is 0.0655. The topological polar surface area (TPSA) is 35.5 Å². The summed E-state index contributed by atoms with van der Waals surface area (Å²) in [4.78, 5) is 12.5. The first-order chi connectivity index (χ1) is 10.3. The van der Waals surface area contributed by atoms with E-state index in [-0.39, 0.29) is 5.78 Å². The number of Topliss-reactive ketones (excluding diaryl/α,β-unsaturated/α-hetero) is 1. The highest BCUT2D eigenvalue weighted by molar-refractivity contribution is 6.22. The molecule has 0 amide bonds. The Bertz CT molecular complexity index is 695. The van der Waals surface area contributed by atoms with E-state index in [9.17, 15) is 4.79 Å². The molecule has 3 nitrogen and oxygen atoms in total. The zero-order valence-electron chi connectivity index (χ0n) is 12.1. The highest BCUT2D eigenvalue weighted by atomic mass is 16.5. The number of rotatable bonds is 6. The summed E-state index contributed by atoms with van der Waals surface area (Å²) in [5.41, 5.74) is 2.57. The van der Waals surface area contributed by atoms with Gasteiger partial charge in [-0.25, -0.2) is 0 Å². The van der Waals surface area contributed by atoms with Crippen molar-refractivity contribution in [1.29, 1.82) is 0 Å². The standard InChI is InChI=1S/C18H18O3/c1-2-20-9-10-21-12-15-11-14-7-3-5-13-6-4-8-16(17(13)14)18(15)19/h3-8,11H,2,9-10,12H2,1H3. The lowest BCUT2D eigenvalue weighted by atomic mass is 9.88. The van der Waals surface area contributed by atoms with E-state index >= 15 is 0 Å². The van der Waals surface area contributed by atoms with E-state index < -0.39 is 0 Å². The van der Waals surface area contributed by atoms with E-state index in [1.54, 1.807) is 0 Å². The molecule has 2 aromatic rings. The second-order valence-electron chi connectivity index (χ2n) is 5.00. The molecule has 0 atom stereocenters. The minimum atomic E-state index is 0.0655. The maximum atomic E-state index is 12.5. The van der Waals surface area contributed by atoms with Gasteiger partial charge in [0.15, 0.2) is 5.78 Å². The van der Waals surface area contributed by atoms with Crippen LogP contribution in [0.5, 0.6) is 0 Å². The van der Waals surface area contributed by atoms with E-state index in [1.807, 2.05) is 49.4 Å². The third kappa shape index (κ3) is 2.75. The molecule has 1 aliphatic rings. The van der Waals surface area contributed by atoms with E-state index in [4.69, 9.17) is 9.47 Å². The van der Waals surface area contributed by atoms with Crippen molar-refractivity contribution in [2.24, 2.45) is 0 Å². The van der Waals surface area contributed by atoms with Crippen LogP contribution in [0.2, 0.25) is 0 Å². The van der Waals surface area contributed by atoms with Crippen molar-refractivity contribution in [2.45, 2.75) is 6.92 Å². The average Bonchev–Trinajstić information content (AvgIpc) is 2.51. The smallest absolute Gasteiger partial charge is 0.192 e. The van der Waals surface area contributed by atoms with Crippen molar-refractivity contribution in [3.63, 3.8) is 0 Å². The first-order valence-corrected chi connectivity index (χ1v) is 7.23. The Labute approximate surface area is 124 Å². The van der Waals surface area contributed by atoms with Gasteiger partial charge in [-0.05, 0) is 23.9 Å². The molecule has 3 rings (SSSR count). The van der Waals surface area contributed by atoms with Crippen LogP contribution >= 0.6 is 0 Å². The normalized spacial score (nSPS) is 13.6. The van der Waals surface area contributed by atoms with Crippen LogP contribution in [-0.2, 0) is 9.47 Å². The van der Waals surface area contributed by atoms with Gasteiger partial charge in [-0.3, -0.25) is 4.79 Å². The van der Waals surface area contributed by atoms with Crippen LogP contribution in [0.1, 0.15) is 22.8 Å². The van der Waals surface area contributed by atoms with Gasteiger partial charge in [0.2, 0.25) is 0 Å². The molecule has 1 aliphatic carbocycles. The molecule has 0 unspecified atom stereocenters. The molecule has 108 valence electrons. The second-order valence-corrected chi connectivity index (χ2v) is 5.00. The fourth-order valence-electron chi connectivity index (χ4n) is 2.66. The highest BCUT2D eigenvalue weighted by Crippen LogP contribution is 2.31. The quantitative estimate of drug-likeness (QED) is 0.761. The number of hydrogen-bond acceptors (Lipinski definition) is 3. The van der Waals surface area contributed by atoms with Crippen LogP contribution in [0.3, 0.4) is 0 Å². The highest BCUT2D eigenvalue weighted by Gasteiger charge is 2.21. The number of carbonyl (C=O) groups excluding carboxylic acids is 1. The SMILES string of the molecule is CCOCCOCC1=Cc2cccc3cccc(c23)C1=O. The van der Waals surface area contributed by atoms with Crippen LogP contribution < -0.4 is 0 Å². The first kappa shape index (κ1) is 14.0. The van der Waals surface area contributed by atoms with Crippen molar-refractivity contribution >= 4 is 22.6 Å². The summed E-state index contributed by atoms with van der Waals surface area (Å²) >= 11 is 0. The molecular formula is C18H18O3. The van der Waals surface area contributed by atoms with Crippen molar-refractivity contribution < 1.29 is 14.3 Å². The van der Waals surface area contributed by atoms with Crippen LogP contribution in [0.15, 0.2) is 42.0 Å². The minimum Gasteiger partial charge on any atom is -0.379 e. The van der Waals surface area contributed by atoms with Gasteiger partial charge in [-0.2, -0.15) is 0 Å². The second kappa shape index (κ2) is 6.20. The number of ether oxygens (including phenoxy) is 2. The molecule has 0 saturated heterocycles. The van der Waals surface area contributed by atoms with Gasteiger partial charge in [0.1, 0.15) is 0 Å². The molecule has 0 spiro atoms. The summed E-state index contributed by atoms with van der Waals surface area (Å²) < 4.78 is 10.8. The summed E-state index contributed by atoms with van der Waals surface area (Å²) in [6, 6.07) is 11.9. The van der Waals surface area contributed by atoms with E-state index in [0.717, 1.165) is 21.9 Å². The van der Waals surface area contributed by atoms with Crippen LogP contribution in [0, 0.1) is 0 Å². The Morgan fingerprint density at radius 2 is 1.76 bits per heavy atom. The molecule has 0 aromatic heterocycles. The lowest BCUT2D eigenvalue weighted by Gasteiger charge is -2.17. The molecule has 2 aromatic carbocycles. The van der Waals surface area contributed by atoms with Gasteiger partial charge in [-0.15, -0.1) is 0 Å². The van der Waals surface area contributed by atoms with Gasteiger partial charge in [-0.1, -0.05) is 36.4 Å². The summed E-state index contributed by atoms with van der Waals surface area (Å²) in [6.45, 7) is 4.02. The van der Waals surface area contributed by atoms with Crippen molar-refractivity contribution in [3.05, 3.63) is 53.1 Å². The first-order valence-electron chi connectivity index (χ1n) is 7.23. The lowest BCUT2D eigenvalue weighted by molar-refractivity contribution is 0.0604. The van der Waals surface area contributed by atoms with Gasteiger partial charge in [0.25, 0.3) is 0 Å². The van der Waals surface area contributed by atoms with Crippen molar-refractivity contribution in [2.75, 3.05) is 26.4 Å². The van der Waals surface area contributed by atoms with Crippen molar-refractivity contribution in [1.82, 2.24) is 0 Å². The summed E-state index contributed by atoms with van der Waals surface area (Å²) in [7, 11) is 0. The molecule has 0 fully saturated rings. The Hall–Kier alpha value is -1.97. The maximum absolute atomic E-state index is 12.5. The molecule has 0 saturated carbocycles. The van der Waals surface area contributed by atoms with Gasteiger partial charge < -0.3 is 9.47 Å². The summed E-state index contributed by atoms with van der Waals surface area (Å²) in [5, 5.41) is 2.15. The van der Waals surface area contributed by atoms with Crippen LogP contribution in [0.25, 0.3) is 16.8 Å². The number of ketones is 1. The Morgan fingerprint density at radius 1 is 1.00 bits per heavy atom. The van der Waals surface area contributed by atoms with Crippen molar-refractivity contribution in [3.8, 4) is 0 Å². The third-order valence-electron chi connectivity index (χ3n) is 3.64. The lowest BCUT2D eigenvalue weighted by Crippen LogP contribution is -2.15. The Morgan fingerprint density at radius 3 is 2.57 bits per heavy atom. The maximum Gasteiger partial charge on any atom is 0.192 e. The summed E-state index contributed by atoms with van der Waals surface area (Å²) in [5.74, 6) is 0.0655. The average molecular weight is 282 g/mol. The largest absolute Gasteiger partial charge is 0.379 e. The zero-order chi connectivity index (χ0) is 14.7. The molecule has 0 aliphatic heterocycles. The third-order valence-corrected chi connectivity index (χ3v) is 3.64. The fraction of sp³-hybridized carbons (Fsp3) is 0.278. The molecule has 0 heterocycles. The molecule has 3 heteroatoms. The van der Waals surface area contributed by atoms with Gasteiger partial charge in [0, 0.05) is 23.1 Å². The summed E-state index contributed by atoms with van der Waals surface area (Å²) in [6.07, 6.45) is 1.94. The Kier molecular flexibility index (Phi) is 4.13. The van der Waals surface area contributed by atoms with Gasteiger partial charge in [0.05, 0.1) is 19.8 Å². The fourth-order valence-corrected chi connectivity index (χ4v) is 2.66. The van der Waals surface area contributed by atoms with Gasteiger partial charge >= 0.3 is 0 Å². The molecular weight excluding hydrogens is 264 g/mol. The van der Waals surface area contributed by atoms with E-state index in [1.165, 1.54) is 0 Å². The molecule has 0 N–H and O–H groups in total. The number of benzene rings is 2. The number of hydrogen-bond donors (Lipinski definition) is 0. The predicted molar refractivity (Wildman–Crippen MR) is 83.6 cm³/mol. The van der Waals surface area contributed by atoms with Crippen LogP contribution in [-0.4, -0.2) is 32.2 Å². The van der Waals surface area contributed by atoms with E-state index in [2.05, 4.69) is 0 Å². The molecule has 21 heavy (non-hydrogen) atoms. The molecule has 0 bridgehead atoms. The number of carbonyl (C=O) groups is 1. The zero-order valence-corrected chi connectivity index (χ0v) is 12.1. The Balaban J connectivity index is 1.83.